The second-order valence-electron chi connectivity index (χ2n) is 39.2. The largest absolute Gasteiger partial charge is 0.378 e. The van der Waals surface area contributed by atoms with Gasteiger partial charge in [0, 0.05) is 91.3 Å². The van der Waals surface area contributed by atoms with E-state index in [-0.39, 0.29) is 22.2 Å². The number of fused-ring (bicyclic) bond motifs is 8. The third-order valence-corrected chi connectivity index (χ3v) is 29.6. The van der Waals surface area contributed by atoms with Gasteiger partial charge in [-0.2, -0.15) is 20.4 Å². The zero-order valence-electron chi connectivity index (χ0n) is 79.8. The van der Waals surface area contributed by atoms with Crippen LogP contribution < -0.4 is 22.2 Å². The number of nitrogens with zero attached hydrogens (tertiary/aromatic N) is 24. The molecule has 16 aromatic rings. The van der Waals surface area contributed by atoms with Crippen molar-refractivity contribution in [2.24, 2.45) is 0 Å². The lowest BCUT2D eigenvalue weighted by atomic mass is 9.82. The highest BCUT2D eigenvalue weighted by molar-refractivity contribution is 5.70. The first-order chi connectivity index (χ1) is 64.8. The average Bonchev–Trinajstić information content (AvgIpc) is 1.08. The number of hydrogen-bond acceptors (Lipinski definition) is 21. The van der Waals surface area contributed by atoms with E-state index in [9.17, 15) is 19.2 Å². The molecule has 2 saturated carbocycles. The van der Waals surface area contributed by atoms with Crippen LogP contribution in [0.4, 0.5) is 0 Å². The van der Waals surface area contributed by atoms with E-state index in [0.717, 1.165) is 196 Å². The van der Waals surface area contributed by atoms with Gasteiger partial charge in [0.15, 0.2) is 0 Å². The van der Waals surface area contributed by atoms with Crippen molar-refractivity contribution in [3.8, 4) is 45.6 Å². The SMILES string of the molecule is CCc1nc(C)cn2nc(-c3cc(=O)n4cc(C5CCN(C(C)C)[C@H](C)C5)ccc4n3)cc12.CCc1nc(C)cn2nc(-c3cc(=O)n4cc(C5CCN(C6CC6)[C@H](C)C5)ccc4n3)cc12.CCc1nc(C)cn2nc(-c3cc(=O)n4cc(C5CCN(C6CCC6)[C@H](C)C5)ccc4n3)cc12.CCc1nc(C)cn2nc(-c3cc(=O)n4cc(C5CCN(C6COC6)[C@H](C)C5)ccc4n3)cc12. The summed E-state index contributed by atoms with van der Waals surface area (Å²) < 4.78 is 19.5. The van der Waals surface area contributed by atoms with Gasteiger partial charge in [0.05, 0.1) is 134 Å². The van der Waals surface area contributed by atoms with E-state index >= 15 is 0 Å². The van der Waals surface area contributed by atoms with Gasteiger partial charge in [-0.05, 0) is 293 Å². The van der Waals surface area contributed by atoms with E-state index in [1.165, 1.54) is 54.4 Å². The Morgan fingerprint density at radius 2 is 0.597 bits per heavy atom. The van der Waals surface area contributed by atoms with Crippen LogP contribution in [0, 0.1) is 27.7 Å². The van der Waals surface area contributed by atoms with E-state index < -0.39 is 0 Å². The molecule has 134 heavy (non-hydrogen) atoms. The Labute approximate surface area is 779 Å². The third kappa shape index (κ3) is 17.9. The van der Waals surface area contributed by atoms with Crippen LogP contribution in [0.3, 0.4) is 0 Å². The Morgan fingerprint density at radius 3 is 0.836 bits per heavy atom. The highest BCUT2D eigenvalue weighted by atomic mass is 16.5. The summed E-state index contributed by atoms with van der Waals surface area (Å²) in [7, 11) is 0. The van der Waals surface area contributed by atoms with E-state index in [0.29, 0.717) is 128 Å². The van der Waals surface area contributed by atoms with Gasteiger partial charge < -0.3 is 4.74 Å². The summed E-state index contributed by atoms with van der Waals surface area (Å²) >= 11 is 0. The monoisotopic (exact) mass is 1800 g/mol. The van der Waals surface area contributed by atoms with Gasteiger partial charge >= 0.3 is 0 Å². The summed E-state index contributed by atoms with van der Waals surface area (Å²) in [6, 6.07) is 35.8. The van der Waals surface area contributed by atoms with E-state index in [2.05, 4.69) is 148 Å². The Hall–Kier alpha value is -12.3. The summed E-state index contributed by atoms with van der Waals surface area (Å²) in [5.74, 6) is 1.90. The van der Waals surface area contributed by atoms with Gasteiger partial charge in [0.25, 0.3) is 22.2 Å². The lowest BCUT2D eigenvalue weighted by molar-refractivity contribution is -0.0862. The summed E-state index contributed by atoms with van der Waals surface area (Å²) in [5.41, 5.74) is 23.9. The predicted molar refractivity (Wildman–Crippen MR) is 523 cm³/mol. The zero-order chi connectivity index (χ0) is 92.8. The molecule has 0 spiro atoms. The molecule has 7 fully saturated rings. The van der Waals surface area contributed by atoms with Crippen LogP contribution in [0.2, 0.25) is 0 Å². The number of piperidine rings is 4. The standard InChI is InChI=1S/C27H32N6O.C26H30N6O2.C26H30N6O.C26H32N6O/c1-4-22-25-13-24(30-33(25)15-17(2)28-22)23-14-27(34)32-16-20(8-9-26(32)29-23)19-10-11-31(18(3)12-19)21-6-5-7-21;1-4-21-24-10-23(29-32(24)12-16(2)27-21)22-11-26(33)31-13-19(5-6-25(31)28-22)18-7-8-30(17(3)9-18)20-14-34-15-20;1-4-21-24-12-23(29-32(24)14-16(2)27-21)22-13-26(33)31-15-19(5-8-25(31)28-22)18-9-10-30(17(3)11-18)20-6-7-20;1-6-21-24-12-23(29-32(24)14-17(4)27-21)22-13-26(33)31-15-20(7-8-25(31)28-22)19-9-10-30(16(2)3)18(5)11-19/h8-9,13-16,18-19,21H,4-7,10-12H2,1-3H3;5-6,10-13,17-18,20H,4,7-9,14-15H2,1-3H3;5,8,12-15,17-18,20H,4,6-7,9-11H2,1-3H3;7-8,12-16,18-19H,6,9-11H2,1-5H3/t18-,19?;2*17-,18?;18-,19?/m1111/s1. The number of aromatic nitrogens is 20. The fourth-order valence-corrected chi connectivity index (χ4v) is 22.2. The van der Waals surface area contributed by atoms with E-state index in [1.807, 2.05) is 144 Å². The van der Waals surface area contributed by atoms with Crippen LogP contribution in [0.25, 0.3) is 90.2 Å². The molecule has 29 heteroatoms. The molecule has 0 amide bonds. The molecule has 8 atom stereocenters. The molecule has 5 saturated heterocycles. The Bertz CT molecular complexity index is 6980. The van der Waals surface area contributed by atoms with Gasteiger partial charge in [-0.3, -0.25) is 76.3 Å². The number of likely N-dealkylation sites (tertiary alicyclic amines) is 4. The smallest absolute Gasteiger partial charge is 0.258 e. The average molecular weight is 1800 g/mol. The van der Waals surface area contributed by atoms with Crippen molar-refractivity contribution in [3.63, 3.8) is 0 Å². The Morgan fingerprint density at radius 1 is 0.321 bits per heavy atom. The number of pyridine rings is 4. The highest BCUT2D eigenvalue weighted by Crippen LogP contribution is 2.42. The number of aryl methyl sites for hydroxylation is 8. The van der Waals surface area contributed by atoms with E-state index in [4.69, 9.17) is 29.8 Å². The maximum atomic E-state index is 13.1. The molecular formula is C105H124N24O5. The van der Waals surface area contributed by atoms with Crippen LogP contribution in [0.5, 0.6) is 0 Å². The molecule has 0 aromatic carbocycles. The van der Waals surface area contributed by atoms with Gasteiger partial charge in [-0.1, -0.05) is 58.4 Å². The van der Waals surface area contributed by atoms with Crippen molar-refractivity contribution < 1.29 is 4.74 Å². The van der Waals surface area contributed by atoms with Crippen molar-refractivity contribution >= 4 is 44.7 Å². The summed E-state index contributed by atoms with van der Waals surface area (Å²) in [4.78, 5) is 101. The molecule has 4 unspecified atom stereocenters. The second-order valence-corrected chi connectivity index (χ2v) is 39.2. The van der Waals surface area contributed by atoms with Crippen LogP contribution in [0.15, 0.2) is 166 Å². The molecule has 0 bridgehead atoms. The fraction of sp³-hybridized carbons (Fsp3) is 0.467. The minimum absolute atomic E-state index is 0.0659. The topological polar surface area (TPSA) is 280 Å². The second kappa shape index (κ2) is 37.2. The fourth-order valence-electron chi connectivity index (χ4n) is 22.2. The van der Waals surface area contributed by atoms with Gasteiger partial charge in [0.1, 0.15) is 45.4 Å². The molecule has 0 N–H and O–H groups in total. The van der Waals surface area contributed by atoms with Crippen LogP contribution >= 0.6 is 0 Å². The number of hydrogen-bond donors (Lipinski definition) is 0. The van der Waals surface area contributed by atoms with Crippen molar-refractivity contribution in [1.82, 2.24) is 116 Å². The molecule has 2 aliphatic carbocycles. The highest BCUT2D eigenvalue weighted by Gasteiger charge is 2.39. The molecule has 23 rings (SSSR count). The van der Waals surface area contributed by atoms with Crippen LogP contribution in [0.1, 0.15) is 244 Å². The molecule has 694 valence electrons. The molecule has 5 aliphatic heterocycles. The molecule has 7 aliphatic rings. The van der Waals surface area contributed by atoms with Crippen LogP contribution in [-0.4, -0.2) is 203 Å². The zero-order valence-corrected chi connectivity index (χ0v) is 79.8. The van der Waals surface area contributed by atoms with Gasteiger partial charge in [0.2, 0.25) is 0 Å². The first-order valence-electron chi connectivity index (χ1n) is 49.0. The molecule has 0 radical (unpaired) electrons. The molecule has 29 nitrogen and oxygen atoms in total. The maximum Gasteiger partial charge on any atom is 0.258 e. The Kier molecular flexibility index (Phi) is 24.9. The quantitative estimate of drug-likeness (QED) is 0.0868. The summed E-state index contributed by atoms with van der Waals surface area (Å²) in [6.07, 6.45) is 34.7. The van der Waals surface area contributed by atoms with Crippen molar-refractivity contribution in [1.29, 1.82) is 0 Å². The minimum Gasteiger partial charge on any atom is -0.378 e. The summed E-state index contributed by atoms with van der Waals surface area (Å²) in [5, 5.41) is 18.7. The van der Waals surface area contributed by atoms with E-state index in [1.54, 1.807) is 41.9 Å². The predicted octanol–water partition coefficient (Wildman–Crippen LogP) is 15.9. The number of rotatable bonds is 16. The lowest BCUT2D eigenvalue weighted by Gasteiger charge is -2.46. The van der Waals surface area contributed by atoms with Crippen molar-refractivity contribution in [2.45, 2.75) is 278 Å². The first kappa shape index (κ1) is 89.6. The maximum absolute atomic E-state index is 13.1. The summed E-state index contributed by atoms with van der Waals surface area (Å²) in [6.45, 7) is 36.2. The molecule has 21 heterocycles. The first-order valence-corrected chi connectivity index (χ1v) is 49.0. The third-order valence-electron chi connectivity index (χ3n) is 29.6. The Balaban J connectivity index is 0.000000111. The van der Waals surface area contributed by atoms with Crippen molar-refractivity contribution in [2.75, 3.05) is 39.4 Å². The van der Waals surface area contributed by atoms with Crippen molar-refractivity contribution in [3.05, 3.63) is 256 Å². The van der Waals surface area contributed by atoms with Crippen LogP contribution in [-0.2, 0) is 30.4 Å². The minimum atomic E-state index is -0.0824. The lowest BCUT2D eigenvalue weighted by Crippen LogP contribution is -2.55. The van der Waals surface area contributed by atoms with Gasteiger partial charge in [-0.15, -0.1) is 0 Å². The number of ether oxygens (including phenoxy) is 1. The normalized spacial score (nSPS) is 21.3. The van der Waals surface area contributed by atoms with Gasteiger partial charge in [-0.25, -0.2) is 38.0 Å². The molecule has 16 aromatic heterocycles. The molecular weight excluding hydrogens is 1680 g/mol.